The summed E-state index contributed by atoms with van der Waals surface area (Å²) in [6.45, 7) is 0.389. The van der Waals surface area contributed by atoms with E-state index in [1.165, 1.54) is 0 Å². The molecule has 0 fully saturated rings. The van der Waals surface area contributed by atoms with Gasteiger partial charge in [0.2, 0.25) is 6.29 Å². The van der Waals surface area contributed by atoms with Gasteiger partial charge in [-0.25, -0.2) is 0 Å². The van der Waals surface area contributed by atoms with Crippen molar-refractivity contribution in [1.82, 2.24) is 5.32 Å². The summed E-state index contributed by atoms with van der Waals surface area (Å²) in [5.41, 5.74) is 0.944. The number of hydrogen-bond acceptors (Lipinski definition) is 4. The Kier molecular flexibility index (Phi) is 5.00. The van der Waals surface area contributed by atoms with Crippen molar-refractivity contribution < 1.29 is 19.1 Å². The standard InChI is InChI=1S/C12H15NO4/c1-16-10-4-3-9(11(7-10)17-2)5-6-13-12(15)8-14/h3-4,7-8H,5-6H2,1-2H3,(H,13,15). The van der Waals surface area contributed by atoms with E-state index in [2.05, 4.69) is 5.32 Å². The van der Waals surface area contributed by atoms with Crippen LogP contribution in [-0.4, -0.2) is 33.0 Å². The second-order valence-electron chi connectivity index (χ2n) is 3.34. The predicted octanol–water partition coefficient (Wildman–Crippen LogP) is 0.561. The number of nitrogens with one attached hydrogen (secondary N) is 1. The number of aldehydes is 1. The highest BCUT2D eigenvalue weighted by molar-refractivity contribution is 6.23. The molecule has 0 aliphatic heterocycles. The molecular weight excluding hydrogens is 222 g/mol. The zero-order chi connectivity index (χ0) is 12.7. The van der Waals surface area contributed by atoms with Crippen LogP contribution in [0.4, 0.5) is 0 Å². The summed E-state index contributed by atoms with van der Waals surface area (Å²) in [6.07, 6.45) is 0.845. The molecular formula is C12H15NO4. The van der Waals surface area contributed by atoms with E-state index in [1.54, 1.807) is 20.3 Å². The molecule has 0 atom stereocenters. The maximum absolute atomic E-state index is 10.7. The van der Waals surface area contributed by atoms with Gasteiger partial charge in [-0.2, -0.15) is 0 Å². The maximum Gasteiger partial charge on any atom is 0.284 e. The number of ether oxygens (including phenoxy) is 2. The molecule has 17 heavy (non-hydrogen) atoms. The first-order valence-corrected chi connectivity index (χ1v) is 5.15. The minimum Gasteiger partial charge on any atom is -0.497 e. The molecule has 5 heteroatoms. The number of amides is 1. The van der Waals surface area contributed by atoms with Gasteiger partial charge < -0.3 is 14.8 Å². The normalized spacial score (nSPS) is 9.53. The summed E-state index contributed by atoms with van der Waals surface area (Å²) >= 11 is 0. The highest BCUT2D eigenvalue weighted by atomic mass is 16.5. The third-order valence-electron chi connectivity index (χ3n) is 2.29. The highest BCUT2D eigenvalue weighted by Gasteiger charge is 2.05. The third kappa shape index (κ3) is 3.79. The Morgan fingerprint density at radius 3 is 2.71 bits per heavy atom. The lowest BCUT2D eigenvalue weighted by Crippen LogP contribution is -2.26. The van der Waals surface area contributed by atoms with Crippen LogP contribution in [0.5, 0.6) is 11.5 Å². The molecule has 1 aromatic rings. The monoisotopic (exact) mass is 237 g/mol. The van der Waals surface area contributed by atoms with E-state index in [0.717, 1.165) is 5.56 Å². The van der Waals surface area contributed by atoms with Crippen LogP contribution in [0, 0.1) is 0 Å². The van der Waals surface area contributed by atoms with Crippen molar-refractivity contribution in [3.05, 3.63) is 23.8 Å². The van der Waals surface area contributed by atoms with Gasteiger partial charge in [0.25, 0.3) is 5.91 Å². The van der Waals surface area contributed by atoms with Gasteiger partial charge in [0.15, 0.2) is 0 Å². The number of rotatable bonds is 6. The molecule has 0 spiro atoms. The Morgan fingerprint density at radius 1 is 1.35 bits per heavy atom. The van der Waals surface area contributed by atoms with Crippen LogP contribution < -0.4 is 14.8 Å². The molecule has 0 heterocycles. The van der Waals surface area contributed by atoms with Crippen LogP contribution in [0.1, 0.15) is 5.56 Å². The van der Waals surface area contributed by atoms with Crippen LogP contribution in [-0.2, 0) is 16.0 Å². The van der Waals surface area contributed by atoms with E-state index >= 15 is 0 Å². The molecule has 0 saturated carbocycles. The summed E-state index contributed by atoms with van der Waals surface area (Å²) in [5, 5.41) is 2.47. The molecule has 5 nitrogen and oxygen atoms in total. The van der Waals surface area contributed by atoms with Gasteiger partial charge in [-0.05, 0) is 18.1 Å². The largest absolute Gasteiger partial charge is 0.497 e. The lowest BCUT2D eigenvalue weighted by molar-refractivity contribution is -0.131. The molecule has 0 aromatic heterocycles. The second kappa shape index (κ2) is 6.52. The van der Waals surface area contributed by atoms with Crippen molar-refractivity contribution in [2.75, 3.05) is 20.8 Å². The van der Waals surface area contributed by atoms with Gasteiger partial charge in [-0.1, -0.05) is 6.07 Å². The molecule has 1 rings (SSSR count). The van der Waals surface area contributed by atoms with Gasteiger partial charge in [0.05, 0.1) is 14.2 Å². The zero-order valence-corrected chi connectivity index (χ0v) is 9.86. The van der Waals surface area contributed by atoms with E-state index in [0.29, 0.717) is 24.5 Å². The molecule has 0 bridgehead atoms. The molecule has 0 radical (unpaired) electrons. The van der Waals surface area contributed by atoms with E-state index in [1.807, 2.05) is 12.1 Å². The minimum atomic E-state index is -0.613. The van der Waals surface area contributed by atoms with Crippen molar-refractivity contribution in [1.29, 1.82) is 0 Å². The van der Waals surface area contributed by atoms with E-state index in [9.17, 15) is 9.59 Å². The number of hydrogen-bond donors (Lipinski definition) is 1. The minimum absolute atomic E-state index is 0.255. The average molecular weight is 237 g/mol. The quantitative estimate of drug-likeness (QED) is 0.580. The summed E-state index contributed by atoms with van der Waals surface area (Å²) in [4.78, 5) is 20.8. The first kappa shape index (κ1) is 13.0. The van der Waals surface area contributed by atoms with Gasteiger partial charge in [-0.3, -0.25) is 9.59 Å². The molecule has 0 aliphatic carbocycles. The fourth-order valence-electron chi connectivity index (χ4n) is 1.42. The molecule has 1 N–H and O–H groups in total. The third-order valence-corrected chi connectivity index (χ3v) is 2.29. The SMILES string of the molecule is COc1ccc(CCNC(=O)C=O)c(OC)c1. The molecule has 1 aromatic carbocycles. The zero-order valence-electron chi connectivity index (χ0n) is 9.86. The Bertz CT molecular complexity index is 403. The fraction of sp³-hybridized carbons (Fsp3) is 0.333. The Balaban J connectivity index is 2.64. The molecule has 0 unspecified atom stereocenters. The Labute approximate surface area is 99.7 Å². The highest BCUT2D eigenvalue weighted by Crippen LogP contribution is 2.24. The molecule has 0 saturated heterocycles. The molecule has 92 valence electrons. The van der Waals surface area contributed by atoms with Crippen LogP contribution in [0.2, 0.25) is 0 Å². The van der Waals surface area contributed by atoms with Crippen LogP contribution in [0.25, 0.3) is 0 Å². The van der Waals surface area contributed by atoms with E-state index in [-0.39, 0.29) is 6.29 Å². The maximum atomic E-state index is 10.7. The Hall–Kier alpha value is -2.04. The van der Waals surface area contributed by atoms with E-state index in [4.69, 9.17) is 9.47 Å². The molecule has 1 amide bonds. The van der Waals surface area contributed by atoms with Crippen LogP contribution >= 0.6 is 0 Å². The smallest absolute Gasteiger partial charge is 0.284 e. The fourth-order valence-corrected chi connectivity index (χ4v) is 1.42. The molecule has 0 aliphatic rings. The summed E-state index contributed by atoms with van der Waals surface area (Å²) in [6, 6.07) is 5.46. The first-order chi connectivity index (χ1) is 8.21. The summed E-state index contributed by atoms with van der Waals surface area (Å²) < 4.78 is 10.3. The number of methoxy groups -OCH3 is 2. The Morgan fingerprint density at radius 2 is 2.12 bits per heavy atom. The van der Waals surface area contributed by atoms with Crippen LogP contribution in [0.15, 0.2) is 18.2 Å². The van der Waals surface area contributed by atoms with Crippen LogP contribution in [0.3, 0.4) is 0 Å². The summed E-state index contributed by atoms with van der Waals surface area (Å²) in [7, 11) is 3.15. The number of carbonyl (C=O) groups is 2. The van der Waals surface area contributed by atoms with Gasteiger partial charge in [0.1, 0.15) is 11.5 Å². The van der Waals surface area contributed by atoms with Gasteiger partial charge in [-0.15, -0.1) is 0 Å². The van der Waals surface area contributed by atoms with Crippen molar-refractivity contribution in [3.63, 3.8) is 0 Å². The number of benzene rings is 1. The first-order valence-electron chi connectivity index (χ1n) is 5.15. The van der Waals surface area contributed by atoms with Crippen molar-refractivity contribution in [2.45, 2.75) is 6.42 Å². The topological polar surface area (TPSA) is 64.6 Å². The van der Waals surface area contributed by atoms with E-state index < -0.39 is 5.91 Å². The van der Waals surface area contributed by atoms with Gasteiger partial charge >= 0.3 is 0 Å². The van der Waals surface area contributed by atoms with Gasteiger partial charge in [0, 0.05) is 12.6 Å². The lowest BCUT2D eigenvalue weighted by atomic mass is 10.1. The number of carbonyl (C=O) groups excluding carboxylic acids is 2. The second-order valence-corrected chi connectivity index (χ2v) is 3.34. The lowest BCUT2D eigenvalue weighted by Gasteiger charge is -2.10. The van der Waals surface area contributed by atoms with Crippen molar-refractivity contribution in [3.8, 4) is 11.5 Å². The van der Waals surface area contributed by atoms with Crippen molar-refractivity contribution >= 4 is 12.2 Å². The average Bonchev–Trinajstić information content (AvgIpc) is 2.38. The predicted molar refractivity (Wildman–Crippen MR) is 62.3 cm³/mol. The summed E-state index contributed by atoms with van der Waals surface area (Å²) in [5.74, 6) is 0.796. The van der Waals surface area contributed by atoms with Crippen molar-refractivity contribution in [2.24, 2.45) is 0 Å².